The van der Waals surface area contributed by atoms with Crippen LogP contribution in [-0.4, -0.2) is 25.6 Å². The van der Waals surface area contributed by atoms with Gasteiger partial charge in [-0.1, -0.05) is 6.07 Å². The molecule has 128 valence electrons. The third kappa shape index (κ3) is 4.67. The molecule has 3 N–H and O–H groups in total. The van der Waals surface area contributed by atoms with Crippen LogP contribution < -0.4 is 10.6 Å². The van der Waals surface area contributed by atoms with Crippen molar-refractivity contribution < 1.29 is 5.11 Å². The SMILES string of the molecule is CC(C)(C)Nc1nc(Nc2cccc(O)c2)cc(-c2cccnc2)n1. The number of pyridine rings is 1. The third-order valence-electron chi connectivity index (χ3n) is 3.29. The number of hydrogen-bond donors (Lipinski definition) is 3. The van der Waals surface area contributed by atoms with E-state index in [1.54, 1.807) is 30.6 Å². The lowest BCUT2D eigenvalue weighted by Gasteiger charge is -2.21. The lowest BCUT2D eigenvalue weighted by molar-refractivity contribution is 0.475. The summed E-state index contributed by atoms with van der Waals surface area (Å²) in [6, 6.07) is 12.6. The van der Waals surface area contributed by atoms with Crippen molar-refractivity contribution in [3.63, 3.8) is 0 Å². The van der Waals surface area contributed by atoms with Crippen molar-refractivity contribution in [2.75, 3.05) is 10.6 Å². The van der Waals surface area contributed by atoms with E-state index in [9.17, 15) is 5.11 Å². The first kappa shape index (κ1) is 16.7. The molecule has 0 radical (unpaired) electrons. The second kappa shape index (κ2) is 6.76. The van der Waals surface area contributed by atoms with Crippen molar-refractivity contribution in [3.05, 3.63) is 54.9 Å². The predicted octanol–water partition coefficient (Wildman–Crippen LogP) is 4.20. The number of hydrogen-bond acceptors (Lipinski definition) is 6. The van der Waals surface area contributed by atoms with E-state index in [-0.39, 0.29) is 11.3 Å². The van der Waals surface area contributed by atoms with Gasteiger partial charge in [-0.3, -0.25) is 4.98 Å². The maximum absolute atomic E-state index is 9.64. The second-order valence-electron chi connectivity index (χ2n) is 6.75. The summed E-state index contributed by atoms with van der Waals surface area (Å²) in [7, 11) is 0. The van der Waals surface area contributed by atoms with Crippen molar-refractivity contribution >= 4 is 17.5 Å². The summed E-state index contributed by atoms with van der Waals surface area (Å²) in [5, 5.41) is 16.1. The van der Waals surface area contributed by atoms with Crippen molar-refractivity contribution in [2.45, 2.75) is 26.3 Å². The van der Waals surface area contributed by atoms with E-state index in [4.69, 9.17) is 0 Å². The van der Waals surface area contributed by atoms with Crippen LogP contribution in [0.5, 0.6) is 5.75 Å². The van der Waals surface area contributed by atoms with E-state index in [0.29, 0.717) is 11.8 Å². The maximum atomic E-state index is 9.64. The molecule has 0 spiro atoms. The Hall–Kier alpha value is -3.15. The van der Waals surface area contributed by atoms with Gasteiger partial charge < -0.3 is 15.7 Å². The minimum atomic E-state index is -0.171. The normalized spacial score (nSPS) is 11.2. The molecule has 25 heavy (non-hydrogen) atoms. The monoisotopic (exact) mass is 335 g/mol. The van der Waals surface area contributed by atoms with Gasteiger partial charge in [-0.15, -0.1) is 0 Å². The van der Waals surface area contributed by atoms with Gasteiger partial charge in [-0.25, -0.2) is 4.98 Å². The summed E-state index contributed by atoms with van der Waals surface area (Å²) in [5.74, 6) is 1.35. The van der Waals surface area contributed by atoms with Crippen LogP contribution in [0.3, 0.4) is 0 Å². The van der Waals surface area contributed by atoms with Crippen LogP contribution in [0.25, 0.3) is 11.3 Å². The molecule has 0 aliphatic carbocycles. The van der Waals surface area contributed by atoms with Gasteiger partial charge >= 0.3 is 0 Å². The molecule has 2 aromatic heterocycles. The molecule has 0 saturated carbocycles. The Morgan fingerprint density at radius 3 is 2.52 bits per heavy atom. The number of rotatable bonds is 4. The van der Waals surface area contributed by atoms with Crippen molar-refractivity contribution in [2.24, 2.45) is 0 Å². The molecule has 3 rings (SSSR count). The van der Waals surface area contributed by atoms with Gasteiger partial charge in [0, 0.05) is 41.3 Å². The van der Waals surface area contributed by atoms with E-state index in [2.05, 4.69) is 46.4 Å². The van der Waals surface area contributed by atoms with Gasteiger partial charge in [0.1, 0.15) is 11.6 Å². The molecule has 3 aromatic rings. The van der Waals surface area contributed by atoms with Gasteiger partial charge in [0.2, 0.25) is 5.95 Å². The Morgan fingerprint density at radius 1 is 1.00 bits per heavy atom. The smallest absolute Gasteiger partial charge is 0.225 e. The molecular formula is C19H21N5O. The fourth-order valence-electron chi connectivity index (χ4n) is 2.30. The van der Waals surface area contributed by atoms with Gasteiger partial charge in [-0.2, -0.15) is 4.98 Å². The Balaban J connectivity index is 2.00. The molecular weight excluding hydrogens is 314 g/mol. The van der Waals surface area contributed by atoms with E-state index in [0.717, 1.165) is 16.9 Å². The Kier molecular flexibility index (Phi) is 4.52. The number of phenols is 1. The van der Waals surface area contributed by atoms with Gasteiger partial charge in [0.25, 0.3) is 0 Å². The molecule has 1 aromatic carbocycles. The topological polar surface area (TPSA) is 83.0 Å². The fourth-order valence-corrected chi connectivity index (χ4v) is 2.30. The minimum absolute atomic E-state index is 0.171. The molecule has 0 amide bonds. The molecule has 0 saturated heterocycles. The van der Waals surface area contributed by atoms with Gasteiger partial charge in [0.15, 0.2) is 0 Å². The quantitative estimate of drug-likeness (QED) is 0.663. The molecule has 0 bridgehead atoms. The average molecular weight is 335 g/mol. The number of benzene rings is 1. The highest BCUT2D eigenvalue weighted by molar-refractivity contribution is 5.67. The second-order valence-corrected chi connectivity index (χ2v) is 6.75. The van der Waals surface area contributed by atoms with Crippen LogP contribution in [0.1, 0.15) is 20.8 Å². The first-order valence-corrected chi connectivity index (χ1v) is 8.03. The number of nitrogens with zero attached hydrogens (tertiary/aromatic N) is 3. The highest BCUT2D eigenvalue weighted by Gasteiger charge is 2.14. The molecule has 6 heteroatoms. The summed E-state index contributed by atoms with van der Waals surface area (Å²) in [6.45, 7) is 6.15. The van der Waals surface area contributed by atoms with E-state index in [1.807, 2.05) is 24.3 Å². The number of nitrogens with one attached hydrogen (secondary N) is 2. The van der Waals surface area contributed by atoms with Gasteiger partial charge in [0.05, 0.1) is 5.69 Å². The van der Waals surface area contributed by atoms with Gasteiger partial charge in [-0.05, 0) is 45.0 Å². The highest BCUT2D eigenvalue weighted by atomic mass is 16.3. The standard InChI is InChI=1S/C19H21N5O/c1-19(2,3)24-18-22-16(13-6-5-9-20-12-13)11-17(23-18)21-14-7-4-8-15(25)10-14/h4-12,25H,1-3H3,(H2,21,22,23,24). The molecule has 0 unspecified atom stereocenters. The maximum Gasteiger partial charge on any atom is 0.225 e. The average Bonchev–Trinajstić information content (AvgIpc) is 2.54. The first-order chi connectivity index (χ1) is 11.9. The zero-order valence-corrected chi connectivity index (χ0v) is 14.5. The predicted molar refractivity (Wildman–Crippen MR) is 100 cm³/mol. The van der Waals surface area contributed by atoms with Crippen LogP contribution in [0.4, 0.5) is 17.5 Å². The van der Waals surface area contributed by atoms with E-state index in [1.165, 1.54) is 0 Å². The van der Waals surface area contributed by atoms with Crippen LogP contribution in [0, 0.1) is 0 Å². The highest BCUT2D eigenvalue weighted by Crippen LogP contribution is 2.25. The van der Waals surface area contributed by atoms with Crippen molar-refractivity contribution in [1.29, 1.82) is 0 Å². The Morgan fingerprint density at radius 2 is 1.84 bits per heavy atom. The molecule has 0 aliphatic rings. The molecule has 0 atom stereocenters. The Bertz CT molecular complexity index is 859. The number of phenolic OH excluding ortho intramolecular Hbond substituents is 1. The number of aromatic nitrogens is 3. The van der Waals surface area contributed by atoms with Crippen LogP contribution in [0.15, 0.2) is 54.9 Å². The zero-order valence-electron chi connectivity index (χ0n) is 14.5. The van der Waals surface area contributed by atoms with Crippen molar-refractivity contribution in [3.8, 4) is 17.0 Å². The molecule has 0 fully saturated rings. The summed E-state index contributed by atoms with van der Waals surface area (Å²) < 4.78 is 0. The zero-order chi connectivity index (χ0) is 17.9. The summed E-state index contributed by atoms with van der Waals surface area (Å²) in [4.78, 5) is 13.3. The molecule has 2 heterocycles. The van der Waals surface area contributed by atoms with Crippen molar-refractivity contribution in [1.82, 2.24) is 15.0 Å². The Labute approximate surface area is 147 Å². The lowest BCUT2D eigenvalue weighted by atomic mass is 10.1. The fraction of sp³-hybridized carbons (Fsp3) is 0.211. The molecule has 6 nitrogen and oxygen atoms in total. The largest absolute Gasteiger partial charge is 0.508 e. The summed E-state index contributed by atoms with van der Waals surface area (Å²) in [6.07, 6.45) is 3.49. The van der Waals surface area contributed by atoms with Crippen LogP contribution in [-0.2, 0) is 0 Å². The first-order valence-electron chi connectivity index (χ1n) is 8.03. The third-order valence-corrected chi connectivity index (χ3v) is 3.29. The molecule has 0 aliphatic heterocycles. The van der Waals surface area contributed by atoms with Crippen LogP contribution in [0.2, 0.25) is 0 Å². The summed E-state index contributed by atoms with van der Waals surface area (Å²) in [5.41, 5.74) is 2.24. The minimum Gasteiger partial charge on any atom is -0.508 e. The van der Waals surface area contributed by atoms with E-state index >= 15 is 0 Å². The van der Waals surface area contributed by atoms with E-state index < -0.39 is 0 Å². The summed E-state index contributed by atoms with van der Waals surface area (Å²) >= 11 is 0. The lowest BCUT2D eigenvalue weighted by Crippen LogP contribution is -2.27. The van der Waals surface area contributed by atoms with Crippen LogP contribution >= 0.6 is 0 Å². The number of aromatic hydroxyl groups is 1. The number of anilines is 3.